The molecule has 1 saturated carbocycles. The van der Waals surface area contributed by atoms with Crippen LogP contribution >= 0.6 is 0 Å². The summed E-state index contributed by atoms with van der Waals surface area (Å²) in [6.07, 6.45) is 2.12. The third kappa shape index (κ3) is 8.14. The molecule has 7 nitrogen and oxygen atoms in total. The Hall–Kier alpha value is -2.72. The number of aliphatic hydroxyl groups is 2. The number of nitrogens with one attached hydrogen (secondary N) is 1. The molecular formula is C29H42F2N4O3. The molecule has 3 unspecified atom stereocenters. The van der Waals surface area contributed by atoms with Crippen molar-refractivity contribution < 1.29 is 23.8 Å². The summed E-state index contributed by atoms with van der Waals surface area (Å²) in [5.41, 5.74) is 7.56. The fourth-order valence-corrected chi connectivity index (χ4v) is 5.06. The number of nitrogens with zero attached hydrogens (tertiary/aromatic N) is 2. The summed E-state index contributed by atoms with van der Waals surface area (Å²) in [6.45, 7) is 0.884. The molecule has 210 valence electrons. The van der Waals surface area contributed by atoms with Gasteiger partial charge in [-0.3, -0.25) is 4.99 Å². The van der Waals surface area contributed by atoms with Crippen molar-refractivity contribution in [2.45, 2.75) is 62.8 Å². The molecule has 0 spiro atoms. The highest BCUT2D eigenvalue weighted by Gasteiger charge is 2.38. The van der Waals surface area contributed by atoms with Gasteiger partial charge >= 0.3 is 0 Å². The van der Waals surface area contributed by atoms with Crippen LogP contribution in [0.2, 0.25) is 0 Å². The molecule has 2 fully saturated rings. The Balaban J connectivity index is 0.00000121. The Morgan fingerprint density at radius 3 is 2.26 bits per heavy atom. The largest absolute Gasteiger partial charge is 0.400 e. The van der Waals surface area contributed by atoms with Gasteiger partial charge in [-0.05, 0) is 51.3 Å². The lowest BCUT2D eigenvalue weighted by molar-refractivity contribution is -0.111. The normalized spacial score (nSPS) is 20.7. The van der Waals surface area contributed by atoms with E-state index < -0.39 is 18.2 Å². The van der Waals surface area contributed by atoms with E-state index in [1.807, 2.05) is 66.5 Å². The predicted molar refractivity (Wildman–Crippen MR) is 149 cm³/mol. The number of rotatable bonds is 8. The summed E-state index contributed by atoms with van der Waals surface area (Å²) >= 11 is 0. The van der Waals surface area contributed by atoms with Crippen molar-refractivity contribution in [3.8, 4) is 0 Å². The molecule has 1 saturated heterocycles. The van der Waals surface area contributed by atoms with Crippen molar-refractivity contribution in [2.75, 3.05) is 32.6 Å². The van der Waals surface area contributed by atoms with E-state index in [2.05, 4.69) is 11.1 Å². The minimum Gasteiger partial charge on any atom is -0.400 e. The Bertz CT molecular complexity index is 990. The first-order valence-electron chi connectivity index (χ1n) is 13.1. The number of hydrogen-bond acceptors (Lipinski definition) is 7. The lowest BCUT2D eigenvalue weighted by atomic mass is 9.82. The zero-order valence-electron chi connectivity index (χ0n) is 22.6. The zero-order chi connectivity index (χ0) is 28.1. The predicted octanol–water partition coefficient (Wildman–Crippen LogP) is 3.61. The summed E-state index contributed by atoms with van der Waals surface area (Å²) < 4.78 is 27.4. The van der Waals surface area contributed by atoms with E-state index in [0.717, 1.165) is 49.6 Å². The SMILES string of the molecule is CN.CN(c1ccccc1C(=NC(C=O)C1CCC(F)(F)CC1)c1ccccc1)C(O)C1CCCN1.CO. The van der Waals surface area contributed by atoms with Gasteiger partial charge in [0.15, 0.2) is 0 Å². The van der Waals surface area contributed by atoms with Crippen LogP contribution in [0.3, 0.4) is 0 Å². The quantitative estimate of drug-likeness (QED) is 0.235. The number of carbonyl (C=O) groups excluding carboxylic acids is 1. The minimum atomic E-state index is -2.66. The smallest absolute Gasteiger partial charge is 0.248 e. The molecule has 9 heteroatoms. The topological polar surface area (TPSA) is 111 Å². The van der Waals surface area contributed by atoms with Crippen LogP contribution in [-0.2, 0) is 4.79 Å². The van der Waals surface area contributed by atoms with Gasteiger partial charge in [0.25, 0.3) is 0 Å². The number of aldehydes is 1. The van der Waals surface area contributed by atoms with E-state index in [1.165, 1.54) is 7.05 Å². The summed E-state index contributed by atoms with van der Waals surface area (Å²) in [7, 11) is 4.35. The maximum atomic E-state index is 13.7. The molecule has 2 aliphatic rings. The molecule has 1 heterocycles. The number of halogens is 2. The first-order chi connectivity index (χ1) is 18.4. The number of para-hydroxylation sites is 1. The van der Waals surface area contributed by atoms with E-state index in [-0.39, 0.29) is 37.6 Å². The number of alkyl halides is 2. The highest BCUT2D eigenvalue weighted by Crippen LogP contribution is 2.38. The summed E-state index contributed by atoms with van der Waals surface area (Å²) in [6, 6.07) is 16.5. The number of carbonyl (C=O) groups is 1. The number of benzene rings is 2. The maximum Gasteiger partial charge on any atom is 0.248 e. The van der Waals surface area contributed by atoms with Crippen LogP contribution in [0.5, 0.6) is 0 Å². The molecule has 1 aliphatic heterocycles. The average molecular weight is 533 g/mol. The molecule has 0 bridgehead atoms. The van der Waals surface area contributed by atoms with E-state index in [9.17, 15) is 18.7 Å². The number of nitrogens with two attached hydrogens (primary N) is 1. The van der Waals surface area contributed by atoms with Crippen LogP contribution in [0, 0.1) is 5.92 Å². The lowest BCUT2D eigenvalue weighted by Gasteiger charge is -2.32. The lowest BCUT2D eigenvalue weighted by Crippen LogP contribution is -2.46. The fourth-order valence-electron chi connectivity index (χ4n) is 5.06. The third-order valence-corrected chi connectivity index (χ3v) is 7.10. The molecule has 2 aromatic rings. The molecule has 0 radical (unpaired) electrons. The van der Waals surface area contributed by atoms with Crippen molar-refractivity contribution in [3.63, 3.8) is 0 Å². The van der Waals surface area contributed by atoms with Crippen LogP contribution in [0.4, 0.5) is 14.5 Å². The first-order valence-corrected chi connectivity index (χ1v) is 13.1. The van der Waals surface area contributed by atoms with Crippen LogP contribution < -0.4 is 16.0 Å². The van der Waals surface area contributed by atoms with E-state index in [4.69, 9.17) is 10.1 Å². The zero-order valence-corrected chi connectivity index (χ0v) is 22.6. The molecule has 5 N–H and O–H groups in total. The first kappa shape index (κ1) is 31.5. The van der Waals surface area contributed by atoms with Crippen molar-refractivity contribution >= 4 is 17.7 Å². The number of likely N-dealkylation sites (N-methyl/N-ethyl adjacent to an activating group) is 1. The number of hydrogen-bond donors (Lipinski definition) is 4. The highest BCUT2D eigenvalue weighted by atomic mass is 19.3. The van der Waals surface area contributed by atoms with Crippen molar-refractivity contribution in [1.82, 2.24) is 5.32 Å². The standard InChI is InChI=1S/C27H33F2N3O2.CH5N.CH4O/c1-32(26(34)22-11-7-17-30-22)24-12-6-5-10-21(24)25(20-8-3-2-4-9-20)31-23(18-33)19-13-15-27(28,29)16-14-19;2*1-2/h2-6,8-10,12,18-19,22-23,26,30,34H,7,11,13-17H2,1H3;2H2,1H3;2H,1H3. The fraction of sp³-hybridized carbons (Fsp3) is 0.517. The van der Waals surface area contributed by atoms with Crippen molar-refractivity contribution in [1.29, 1.82) is 0 Å². The minimum absolute atomic E-state index is 0.0261. The van der Waals surface area contributed by atoms with Gasteiger partial charge in [0.1, 0.15) is 18.6 Å². The van der Waals surface area contributed by atoms with Crippen LogP contribution in [0.25, 0.3) is 0 Å². The van der Waals surface area contributed by atoms with Crippen molar-refractivity contribution in [3.05, 3.63) is 65.7 Å². The number of aliphatic hydroxyl groups excluding tert-OH is 2. The molecule has 2 aromatic carbocycles. The van der Waals surface area contributed by atoms with Gasteiger partial charge < -0.3 is 31.0 Å². The van der Waals surface area contributed by atoms with Crippen LogP contribution in [-0.4, -0.2) is 74.2 Å². The summed E-state index contributed by atoms with van der Waals surface area (Å²) in [5, 5.41) is 21.4. The molecule has 3 atom stereocenters. The molecular weight excluding hydrogens is 490 g/mol. The van der Waals surface area contributed by atoms with E-state index >= 15 is 0 Å². The van der Waals surface area contributed by atoms with E-state index in [0.29, 0.717) is 5.71 Å². The number of anilines is 1. The van der Waals surface area contributed by atoms with Crippen LogP contribution in [0.1, 0.15) is 49.7 Å². The summed E-state index contributed by atoms with van der Waals surface area (Å²) in [4.78, 5) is 18.8. The Morgan fingerprint density at radius 2 is 1.68 bits per heavy atom. The summed E-state index contributed by atoms with van der Waals surface area (Å²) in [5.74, 6) is -2.87. The Kier molecular flexibility index (Phi) is 13.0. The van der Waals surface area contributed by atoms with Crippen LogP contribution in [0.15, 0.2) is 59.6 Å². The molecule has 4 rings (SSSR count). The van der Waals surface area contributed by atoms with Gasteiger partial charge in [0.05, 0.1) is 11.8 Å². The highest BCUT2D eigenvalue weighted by molar-refractivity contribution is 6.16. The molecule has 0 amide bonds. The molecule has 1 aliphatic carbocycles. The second-order valence-electron chi connectivity index (χ2n) is 9.41. The van der Waals surface area contributed by atoms with Crippen molar-refractivity contribution in [2.24, 2.45) is 16.6 Å². The van der Waals surface area contributed by atoms with Gasteiger partial charge in [-0.15, -0.1) is 0 Å². The third-order valence-electron chi connectivity index (χ3n) is 7.10. The van der Waals surface area contributed by atoms with E-state index in [1.54, 1.807) is 0 Å². The van der Waals surface area contributed by atoms with Gasteiger partial charge in [-0.25, -0.2) is 8.78 Å². The van der Waals surface area contributed by atoms with Gasteiger partial charge in [0, 0.05) is 43.8 Å². The van der Waals surface area contributed by atoms with Gasteiger partial charge in [-0.2, -0.15) is 0 Å². The number of aliphatic imine (C=N–C) groups is 1. The monoisotopic (exact) mass is 532 g/mol. The maximum absolute atomic E-state index is 13.7. The van der Waals surface area contributed by atoms with Gasteiger partial charge in [-0.1, -0.05) is 48.5 Å². The Morgan fingerprint density at radius 1 is 1.08 bits per heavy atom. The van der Waals surface area contributed by atoms with Gasteiger partial charge in [0.2, 0.25) is 5.92 Å². The molecule has 0 aromatic heterocycles. The average Bonchev–Trinajstić information content (AvgIpc) is 3.51. The second-order valence-corrected chi connectivity index (χ2v) is 9.41. The molecule has 38 heavy (non-hydrogen) atoms. The Labute approximate surface area is 224 Å². The second kappa shape index (κ2) is 15.6.